The van der Waals surface area contributed by atoms with E-state index < -0.39 is 0 Å². The average molecular weight is 488 g/mol. The fraction of sp³-hybridized carbons (Fsp3) is 0.276. The van der Waals surface area contributed by atoms with Gasteiger partial charge in [0.1, 0.15) is 11.5 Å². The number of aromatic amines is 1. The third-order valence-corrected chi connectivity index (χ3v) is 7.08. The monoisotopic (exact) mass is 487 g/mol. The zero-order valence-electron chi connectivity index (χ0n) is 19.9. The van der Waals surface area contributed by atoms with Gasteiger partial charge in [-0.1, -0.05) is 48.9 Å². The van der Waals surface area contributed by atoms with Crippen molar-refractivity contribution < 1.29 is 9.53 Å². The zero-order valence-corrected chi connectivity index (χ0v) is 20.7. The molecular weight excluding hydrogens is 458 g/mol. The lowest BCUT2D eigenvalue weighted by molar-refractivity contribution is -0.133. The number of rotatable bonds is 7. The molecule has 1 fully saturated rings. The molecule has 35 heavy (non-hydrogen) atoms. The van der Waals surface area contributed by atoms with Gasteiger partial charge in [-0.3, -0.25) is 4.79 Å². The van der Waals surface area contributed by atoms with Crippen LogP contribution in [0.3, 0.4) is 0 Å². The van der Waals surface area contributed by atoms with Crippen molar-refractivity contribution in [2.24, 2.45) is 0 Å². The lowest BCUT2D eigenvalue weighted by Crippen LogP contribution is -2.48. The number of likely N-dealkylation sites (N-methyl/N-ethyl adjacent to an activating group) is 1. The number of benzene rings is 3. The van der Waals surface area contributed by atoms with E-state index >= 15 is 0 Å². The zero-order chi connectivity index (χ0) is 24.2. The number of carbonyl (C=O) groups excluding carboxylic acids is 1. The number of para-hydroxylation sites is 1. The van der Waals surface area contributed by atoms with E-state index in [1.54, 1.807) is 0 Å². The first kappa shape index (κ1) is 23.5. The van der Waals surface area contributed by atoms with Crippen LogP contribution in [0.4, 0.5) is 0 Å². The van der Waals surface area contributed by atoms with Crippen molar-refractivity contribution in [2.45, 2.75) is 19.3 Å². The quantitative estimate of drug-likeness (QED) is 0.333. The predicted molar refractivity (Wildman–Crippen MR) is 141 cm³/mol. The van der Waals surface area contributed by atoms with Crippen LogP contribution in [0.5, 0.6) is 11.5 Å². The van der Waals surface area contributed by atoms with Gasteiger partial charge < -0.3 is 19.5 Å². The van der Waals surface area contributed by atoms with Crippen LogP contribution in [0.2, 0.25) is 5.02 Å². The SMILES string of the molecule is CCN1CCN(C(=O)C[C@H](c2cccc(Oc3ccccc3)c2)c2c[nH]c3ccc(Cl)cc23)CC1. The Bertz CT molecular complexity index is 1300. The molecule has 0 saturated carbocycles. The molecule has 1 amide bonds. The van der Waals surface area contributed by atoms with E-state index in [0.717, 1.165) is 66.3 Å². The van der Waals surface area contributed by atoms with Gasteiger partial charge >= 0.3 is 0 Å². The summed E-state index contributed by atoms with van der Waals surface area (Å²) >= 11 is 6.35. The number of nitrogens with zero attached hydrogens (tertiary/aromatic N) is 2. The van der Waals surface area contributed by atoms with Gasteiger partial charge in [0.15, 0.2) is 0 Å². The van der Waals surface area contributed by atoms with Gasteiger partial charge in [0.05, 0.1) is 0 Å². The van der Waals surface area contributed by atoms with Crippen LogP contribution in [0.1, 0.15) is 30.4 Å². The molecule has 1 aliphatic rings. The first-order chi connectivity index (χ1) is 17.1. The van der Waals surface area contributed by atoms with Crippen molar-refractivity contribution in [3.8, 4) is 11.5 Å². The minimum Gasteiger partial charge on any atom is -0.457 e. The number of fused-ring (bicyclic) bond motifs is 1. The van der Waals surface area contributed by atoms with Gasteiger partial charge in [-0.15, -0.1) is 0 Å². The molecule has 1 aromatic heterocycles. The first-order valence-electron chi connectivity index (χ1n) is 12.2. The molecule has 1 atom stereocenters. The van der Waals surface area contributed by atoms with Crippen molar-refractivity contribution in [1.29, 1.82) is 0 Å². The molecule has 0 aliphatic carbocycles. The second-order valence-corrected chi connectivity index (χ2v) is 9.43. The molecule has 1 aliphatic heterocycles. The van der Waals surface area contributed by atoms with Gasteiger partial charge in [-0.25, -0.2) is 0 Å². The van der Waals surface area contributed by atoms with Gasteiger partial charge in [0, 0.05) is 60.6 Å². The van der Waals surface area contributed by atoms with Crippen LogP contribution < -0.4 is 4.74 Å². The molecular formula is C29H30ClN3O2. The van der Waals surface area contributed by atoms with Crippen molar-refractivity contribution in [3.63, 3.8) is 0 Å². The summed E-state index contributed by atoms with van der Waals surface area (Å²) < 4.78 is 6.11. The van der Waals surface area contributed by atoms with Crippen LogP contribution >= 0.6 is 11.6 Å². The second-order valence-electron chi connectivity index (χ2n) is 8.99. The van der Waals surface area contributed by atoms with Gasteiger partial charge in [0.25, 0.3) is 0 Å². The van der Waals surface area contributed by atoms with Gasteiger partial charge in [0.2, 0.25) is 5.91 Å². The molecule has 5 nitrogen and oxygen atoms in total. The smallest absolute Gasteiger partial charge is 0.223 e. The van der Waals surface area contributed by atoms with E-state index in [1.807, 2.05) is 77.8 Å². The molecule has 4 aromatic rings. The third-order valence-electron chi connectivity index (χ3n) is 6.84. The summed E-state index contributed by atoms with van der Waals surface area (Å²) in [6.07, 6.45) is 2.40. The fourth-order valence-electron chi connectivity index (χ4n) is 4.85. The van der Waals surface area contributed by atoms with Crippen molar-refractivity contribution in [2.75, 3.05) is 32.7 Å². The number of ether oxygens (including phenoxy) is 1. The third kappa shape index (κ3) is 5.37. The van der Waals surface area contributed by atoms with Crippen LogP contribution in [-0.2, 0) is 4.79 Å². The number of amides is 1. The maximum absolute atomic E-state index is 13.5. The largest absolute Gasteiger partial charge is 0.457 e. The molecule has 5 rings (SSSR count). The van der Waals surface area contributed by atoms with E-state index in [0.29, 0.717) is 11.4 Å². The molecule has 1 N–H and O–H groups in total. The van der Waals surface area contributed by atoms with Crippen LogP contribution in [0, 0.1) is 0 Å². The Morgan fingerprint density at radius 1 is 0.971 bits per heavy atom. The van der Waals surface area contributed by atoms with E-state index in [1.165, 1.54) is 0 Å². The number of hydrogen-bond donors (Lipinski definition) is 1. The second kappa shape index (κ2) is 10.5. The standard InChI is InChI=1S/C29H30ClN3O2/c1-2-32-13-15-33(16-14-32)29(34)19-25(27-20-31-28-12-11-22(30)18-26(27)28)21-7-6-10-24(17-21)35-23-8-4-3-5-9-23/h3-12,17-18,20,25,31H,2,13-16,19H2,1H3/t25-/m1/s1. The highest BCUT2D eigenvalue weighted by Crippen LogP contribution is 2.37. The number of nitrogens with one attached hydrogen (secondary N) is 1. The number of H-pyrrole nitrogens is 1. The number of aromatic nitrogens is 1. The summed E-state index contributed by atoms with van der Waals surface area (Å²) in [6, 6.07) is 23.7. The van der Waals surface area contributed by atoms with E-state index in [4.69, 9.17) is 16.3 Å². The fourth-order valence-corrected chi connectivity index (χ4v) is 5.02. The summed E-state index contributed by atoms with van der Waals surface area (Å²) in [6.45, 7) is 6.59. The Morgan fingerprint density at radius 2 is 1.74 bits per heavy atom. The molecule has 0 radical (unpaired) electrons. The van der Waals surface area contributed by atoms with Crippen LogP contribution in [-0.4, -0.2) is 53.4 Å². The molecule has 3 aromatic carbocycles. The molecule has 180 valence electrons. The van der Waals surface area contributed by atoms with Crippen molar-refractivity contribution in [1.82, 2.24) is 14.8 Å². The minimum atomic E-state index is -0.127. The van der Waals surface area contributed by atoms with E-state index in [-0.39, 0.29) is 11.8 Å². The minimum absolute atomic E-state index is 0.127. The number of piperazine rings is 1. The lowest BCUT2D eigenvalue weighted by Gasteiger charge is -2.35. The Morgan fingerprint density at radius 3 is 2.51 bits per heavy atom. The number of halogens is 1. The van der Waals surface area contributed by atoms with Crippen LogP contribution in [0.25, 0.3) is 10.9 Å². The predicted octanol–water partition coefficient (Wildman–Crippen LogP) is 6.30. The van der Waals surface area contributed by atoms with E-state index in [2.05, 4.69) is 22.9 Å². The maximum Gasteiger partial charge on any atom is 0.223 e. The average Bonchev–Trinajstić information content (AvgIpc) is 3.30. The van der Waals surface area contributed by atoms with Gasteiger partial charge in [-0.05, 0) is 60.1 Å². The molecule has 0 spiro atoms. The Hall–Kier alpha value is -3.28. The summed E-state index contributed by atoms with van der Waals surface area (Å²) in [4.78, 5) is 21.2. The lowest BCUT2D eigenvalue weighted by atomic mass is 9.87. The maximum atomic E-state index is 13.5. The molecule has 1 saturated heterocycles. The number of carbonyl (C=O) groups is 1. The Balaban J connectivity index is 1.47. The molecule has 6 heteroatoms. The van der Waals surface area contributed by atoms with E-state index in [9.17, 15) is 4.79 Å². The highest BCUT2D eigenvalue weighted by molar-refractivity contribution is 6.31. The molecule has 0 unspecified atom stereocenters. The summed E-state index contributed by atoms with van der Waals surface area (Å²) in [7, 11) is 0. The van der Waals surface area contributed by atoms with Crippen molar-refractivity contribution in [3.05, 3.63) is 95.1 Å². The summed E-state index contributed by atoms with van der Waals surface area (Å²) in [5.74, 6) is 1.58. The normalized spacial score (nSPS) is 15.3. The summed E-state index contributed by atoms with van der Waals surface area (Å²) in [5, 5.41) is 1.72. The van der Waals surface area contributed by atoms with Crippen molar-refractivity contribution >= 4 is 28.4 Å². The summed E-state index contributed by atoms with van der Waals surface area (Å²) in [5.41, 5.74) is 3.12. The van der Waals surface area contributed by atoms with Crippen LogP contribution in [0.15, 0.2) is 79.0 Å². The Labute approximate surface area is 211 Å². The Kier molecular flexibility index (Phi) is 7.07. The first-order valence-corrected chi connectivity index (χ1v) is 12.6. The topological polar surface area (TPSA) is 48.6 Å². The number of hydrogen-bond acceptors (Lipinski definition) is 3. The molecule has 2 heterocycles. The highest BCUT2D eigenvalue weighted by Gasteiger charge is 2.27. The highest BCUT2D eigenvalue weighted by atomic mass is 35.5. The molecule has 0 bridgehead atoms. The van der Waals surface area contributed by atoms with Gasteiger partial charge in [-0.2, -0.15) is 0 Å².